The minimum atomic E-state index is -3.43. The average molecular weight is 307 g/mol. The highest BCUT2D eigenvalue weighted by molar-refractivity contribution is 7.89. The molecule has 22 heavy (non-hydrogen) atoms. The first kappa shape index (κ1) is 12.4. The van der Waals surface area contributed by atoms with Crippen molar-refractivity contribution >= 4 is 20.8 Å². The Morgan fingerprint density at radius 2 is 1.32 bits per heavy atom. The lowest BCUT2D eigenvalue weighted by atomic mass is 10.0. The first-order valence-corrected chi connectivity index (χ1v) is 8.74. The van der Waals surface area contributed by atoms with E-state index >= 15 is 0 Å². The van der Waals surface area contributed by atoms with Crippen LogP contribution in [0.25, 0.3) is 10.8 Å². The van der Waals surface area contributed by atoms with E-state index in [0.717, 1.165) is 11.1 Å². The lowest BCUT2D eigenvalue weighted by Gasteiger charge is -2.12. The number of benzene rings is 3. The minimum Gasteiger partial charge on any atom is -0.207 e. The van der Waals surface area contributed by atoms with Crippen LogP contribution >= 0.6 is 0 Å². The van der Waals surface area contributed by atoms with Crippen molar-refractivity contribution in [1.82, 2.24) is 4.31 Å². The molecule has 0 bridgehead atoms. The van der Waals surface area contributed by atoms with Gasteiger partial charge in [0, 0.05) is 0 Å². The molecule has 4 heteroatoms. The molecule has 3 aromatic rings. The SMILES string of the molecule is O=S(=O)(c1ccccc1)N1C2c3cccc4cccc(c34)C21. The Labute approximate surface area is 128 Å². The second-order valence-corrected chi connectivity index (χ2v) is 7.67. The summed E-state index contributed by atoms with van der Waals surface area (Å²) in [5, 5.41) is 2.43. The molecule has 1 fully saturated rings. The van der Waals surface area contributed by atoms with Gasteiger partial charge in [0.25, 0.3) is 0 Å². The van der Waals surface area contributed by atoms with Gasteiger partial charge >= 0.3 is 0 Å². The van der Waals surface area contributed by atoms with Crippen molar-refractivity contribution in [2.45, 2.75) is 17.0 Å². The molecule has 3 nitrogen and oxygen atoms in total. The maximum Gasteiger partial charge on any atom is 0.244 e. The van der Waals surface area contributed by atoms with Gasteiger partial charge in [-0.25, -0.2) is 8.42 Å². The van der Waals surface area contributed by atoms with Crippen molar-refractivity contribution < 1.29 is 8.42 Å². The first-order valence-electron chi connectivity index (χ1n) is 7.30. The molecule has 1 saturated heterocycles. The van der Waals surface area contributed by atoms with E-state index in [1.54, 1.807) is 28.6 Å². The van der Waals surface area contributed by atoms with E-state index in [-0.39, 0.29) is 12.1 Å². The van der Waals surface area contributed by atoms with Crippen LogP contribution in [-0.4, -0.2) is 12.7 Å². The van der Waals surface area contributed by atoms with Crippen molar-refractivity contribution in [3.05, 3.63) is 77.9 Å². The lowest BCUT2D eigenvalue weighted by Crippen LogP contribution is -2.14. The zero-order valence-electron chi connectivity index (χ0n) is 11.7. The third-order valence-electron chi connectivity index (χ3n) is 4.68. The van der Waals surface area contributed by atoms with E-state index in [9.17, 15) is 8.42 Å². The van der Waals surface area contributed by atoms with Crippen molar-refractivity contribution in [1.29, 1.82) is 0 Å². The van der Waals surface area contributed by atoms with Crippen molar-refractivity contribution in [2.75, 3.05) is 0 Å². The van der Waals surface area contributed by atoms with Crippen molar-refractivity contribution in [3.8, 4) is 0 Å². The lowest BCUT2D eigenvalue weighted by molar-refractivity contribution is 0.546. The highest BCUT2D eigenvalue weighted by atomic mass is 32.2. The first-order chi connectivity index (χ1) is 10.7. The van der Waals surface area contributed by atoms with Gasteiger partial charge < -0.3 is 0 Å². The molecule has 0 radical (unpaired) electrons. The third-order valence-corrected chi connectivity index (χ3v) is 6.56. The van der Waals surface area contributed by atoms with Crippen LogP contribution in [0.4, 0.5) is 0 Å². The molecule has 2 atom stereocenters. The molecule has 2 aliphatic rings. The Balaban J connectivity index is 1.66. The van der Waals surface area contributed by atoms with Gasteiger partial charge in [-0.1, -0.05) is 54.6 Å². The van der Waals surface area contributed by atoms with Crippen LogP contribution in [0, 0.1) is 0 Å². The van der Waals surface area contributed by atoms with Crippen molar-refractivity contribution in [3.63, 3.8) is 0 Å². The highest BCUT2D eigenvalue weighted by Crippen LogP contribution is 2.64. The van der Waals surface area contributed by atoms with Gasteiger partial charge in [0.1, 0.15) is 0 Å². The standard InChI is InChI=1S/C18H13NO2S/c20-22(21,13-8-2-1-3-9-13)19-17-14-10-4-6-12-7-5-11-15(16(12)14)18(17)19/h1-11,17-18H. The van der Waals surface area contributed by atoms with E-state index in [2.05, 4.69) is 24.3 Å². The summed E-state index contributed by atoms with van der Waals surface area (Å²) in [6, 6.07) is 20.9. The van der Waals surface area contributed by atoms with E-state index in [0.29, 0.717) is 4.90 Å². The Morgan fingerprint density at radius 1 is 0.727 bits per heavy atom. The van der Waals surface area contributed by atoms with Gasteiger partial charge in [-0.2, -0.15) is 4.31 Å². The van der Waals surface area contributed by atoms with Crippen LogP contribution in [-0.2, 0) is 10.0 Å². The van der Waals surface area contributed by atoms with Crippen LogP contribution in [0.3, 0.4) is 0 Å². The third kappa shape index (κ3) is 1.41. The monoisotopic (exact) mass is 307 g/mol. The topological polar surface area (TPSA) is 37.1 Å². The van der Waals surface area contributed by atoms with Crippen LogP contribution in [0.1, 0.15) is 23.2 Å². The van der Waals surface area contributed by atoms with Gasteiger partial charge in [0.15, 0.2) is 0 Å². The number of sulfonamides is 1. The molecular weight excluding hydrogens is 294 g/mol. The summed E-state index contributed by atoms with van der Waals surface area (Å²) in [6.07, 6.45) is 0. The number of hydrogen-bond donors (Lipinski definition) is 0. The Hall–Kier alpha value is -2.17. The Bertz CT molecular complexity index is 967. The summed E-state index contributed by atoms with van der Waals surface area (Å²) < 4.78 is 27.4. The predicted octanol–water partition coefficient (Wildman–Crippen LogP) is 3.64. The van der Waals surface area contributed by atoms with Crippen LogP contribution in [0.15, 0.2) is 71.6 Å². The maximum absolute atomic E-state index is 12.9. The molecule has 0 spiro atoms. The second kappa shape index (κ2) is 3.97. The average Bonchev–Trinajstić information content (AvgIpc) is 3.23. The quantitative estimate of drug-likeness (QED) is 0.678. The summed E-state index contributed by atoms with van der Waals surface area (Å²) in [7, 11) is -3.43. The molecule has 0 amide bonds. The number of nitrogens with zero attached hydrogens (tertiary/aromatic N) is 1. The fraction of sp³-hybridized carbons (Fsp3) is 0.111. The molecule has 0 saturated carbocycles. The fourth-order valence-electron chi connectivity index (χ4n) is 3.73. The summed E-state index contributed by atoms with van der Waals surface area (Å²) in [5.74, 6) is 0. The van der Waals surface area contributed by atoms with Gasteiger partial charge in [0.05, 0.1) is 17.0 Å². The van der Waals surface area contributed by atoms with Crippen LogP contribution in [0.5, 0.6) is 0 Å². The van der Waals surface area contributed by atoms with E-state index in [4.69, 9.17) is 0 Å². The van der Waals surface area contributed by atoms with E-state index in [1.165, 1.54) is 10.8 Å². The number of fused-ring (bicyclic) bond motifs is 3. The summed E-state index contributed by atoms with van der Waals surface area (Å²) >= 11 is 0. The summed E-state index contributed by atoms with van der Waals surface area (Å²) in [5.41, 5.74) is 2.27. The summed E-state index contributed by atoms with van der Waals surface area (Å²) in [4.78, 5) is 0.369. The number of rotatable bonds is 2. The molecular formula is C18H13NO2S. The molecule has 3 aromatic carbocycles. The largest absolute Gasteiger partial charge is 0.244 e. The number of hydrogen-bond acceptors (Lipinski definition) is 2. The zero-order chi connectivity index (χ0) is 14.9. The summed E-state index contributed by atoms with van der Waals surface area (Å²) in [6.45, 7) is 0. The van der Waals surface area contributed by atoms with E-state index in [1.807, 2.05) is 18.2 Å². The molecule has 108 valence electrons. The smallest absolute Gasteiger partial charge is 0.207 e. The van der Waals surface area contributed by atoms with Gasteiger partial charge in [-0.05, 0) is 34.0 Å². The molecule has 0 N–H and O–H groups in total. The van der Waals surface area contributed by atoms with Crippen molar-refractivity contribution in [2.24, 2.45) is 0 Å². The molecule has 2 unspecified atom stereocenters. The minimum absolute atomic E-state index is 0.0358. The highest BCUT2D eigenvalue weighted by Gasteiger charge is 2.61. The normalized spacial score (nSPS) is 25.2. The fourth-order valence-corrected chi connectivity index (χ4v) is 5.48. The Morgan fingerprint density at radius 3 is 1.91 bits per heavy atom. The molecule has 1 aliphatic carbocycles. The zero-order valence-corrected chi connectivity index (χ0v) is 12.5. The molecule has 0 aromatic heterocycles. The van der Waals surface area contributed by atoms with Gasteiger partial charge in [-0.15, -0.1) is 0 Å². The molecule has 1 heterocycles. The molecule has 1 aliphatic heterocycles. The Kier molecular flexibility index (Phi) is 2.23. The molecule has 5 rings (SSSR count). The van der Waals surface area contributed by atoms with E-state index < -0.39 is 10.0 Å². The second-order valence-electron chi connectivity index (χ2n) is 5.83. The predicted molar refractivity (Wildman–Crippen MR) is 84.9 cm³/mol. The van der Waals surface area contributed by atoms with Gasteiger partial charge in [-0.3, -0.25) is 0 Å². The van der Waals surface area contributed by atoms with Crippen LogP contribution in [0.2, 0.25) is 0 Å². The van der Waals surface area contributed by atoms with Crippen LogP contribution < -0.4 is 0 Å². The maximum atomic E-state index is 12.9. The van der Waals surface area contributed by atoms with Gasteiger partial charge in [0.2, 0.25) is 10.0 Å².